The van der Waals surface area contributed by atoms with Gasteiger partial charge < -0.3 is 4.30 Å². The summed E-state index contributed by atoms with van der Waals surface area (Å²) in [5.74, 6) is 0. The molecule has 0 radical (unpaired) electrons. The lowest BCUT2D eigenvalue weighted by molar-refractivity contribution is 0.615. The lowest BCUT2D eigenvalue weighted by atomic mass is 10.2. The first-order valence-electron chi connectivity index (χ1n) is 9.61. The quantitative estimate of drug-likeness (QED) is 0.481. The summed E-state index contributed by atoms with van der Waals surface area (Å²) in [4.78, 5) is 0. The molecule has 1 aromatic rings. The fourth-order valence-electron chi connectivity index (χ4n) is 4.70. The summed E-state index contributed by atoms with van der Waals surface area (Å²) >= 11 is 0. The Kier molecular flexibility index (Phi) is 6.19. The van der Waals surface area contributed by atoms with Crippen LogP contribution in [-0.2, 0) is 0 Å². The van der Waals surface area contributed by atoms with E-state index in [1.165, 1.54) is 5.19 Å². The van der Waals surface area contributed by atoms with Gasteiger partial charge >= 0.3 is 0 Å². The molecule has 3 heteroatoms. The van der Waals surface area contributed by atoms with Crippen molar-refractivity contribution in [1.29, 1.82) is 0 Å². The van der Waals surface area contributed by atoms with Gasteiger partial charge in [0.25, 0.3) is 0 Å². The van der Waals surface area contributed by atoms with E-state index < -0.39 is 16.8 Å². The molecule has 0 aromatic heterocycles. The van der Waals surface area contributed by atoms with Crippen molar-refractivity contribution in [2.24, 2.45) is 4.30 Å². The van der Waals surface area contributed by atoms with Crippen molar-refractivity contribution in [3.05, 3.63) is 30.3 Å². The second-order valence-corrected chi connectivity index (χ2v) is 21.1. The van der Waals surface area contributed by atoms with Crippen molar-refractivity contribution in [3.8, 4) is 0 Å². The molecular formula is C22H41NSi2. The minimum atomic E-state index is -2.19. The highest BCUT2D eigenvalue weighted by molar-refractivity contribution is 6.97. The molecule has 0 aliphatic carbocycles. The Morgan fingerprint density at radius 3 is 1.28 bits per heavy atom. The van der Waals surface area contributed by atoms with Gasteiger partial charge in [0.1, 0.15) is 8.59 Å². The zero-order valence-corrected chi connectivity index (χ0v) is 20.8. The van der Waals surface area contributed by atoms with Crippen molar-refractivity contribution < 1.29 is 0 Å². The van der Waals surface area contributed by atoms with E-state index in [0.29, 0.717) is 0 Å². The van der Waals surface area contributed by atoms with Crippen molar-refractivity contribution >= 4 is 22.0 Å². The first-order chi connectivity index (χ1) is 10.9. The van der Waals surface area contributed by atoms with Crippen LogP contribution in [0.2, 0.25) is 20.2 Å². The average Bonchev–Trinajstić information content (AvgIpc) is 2.34. The normalized spacial score (nSPS) is 14.4. The highest BCUT2D eigenvalue weighted by Crippen LogP contribution is 2.53. The molecule has 25 heavy (non-hydrogen) atoms. The highest BCUT2D eigenvalue weighted by atomic mass is 28.4. The van der Waals surface area contributed by atoms with Crippen molar-refractivity contribution in [1.82, 2.24) is 0 Å². The van der Waals surface area contributed by atoms with E-state index >= 15 is 0 Å². The molecule has 0 fully saturated rings. The van der Waals surface area contributed by atoms with Crippen LogP contribution in [-0.4, -0.2) is 16.8 Å². The summed E-state index contributed by atoms with van der Waals surface area (Å²) in [5, 5.41) is 2.31. The van der Waals surface area contributed by atoms with Crippen LogP contribution in [0.3, 0.4) is 0 Å². The largest absolute Gasteiger partial charge is 0.360 e. The first kappa shape index (κ1) is 22.5. The Morgan fingerprint density at radius 1 is 0.640 bits per heavy atom. The van der Waals surface area contributed by atoms with Crippen LogP contribution in [0.4, 0.5) is 0 Å². The number of nitrogens with zero attached hydrogens (tertiary/aromatic N) is 1. The number of hydrogen-bond donors (Lipinski definition) is 0. The molecule has 0 saturated carbocycles. The van der Waals surface area contributed by atoms with Crippen LogP contribution in [0.5, 0.6) is 0 Å². The van der Waals surface area contributed by atoms with Gasteiger partial charge in [0.05, 0.1) is 0 Å². The van der Waals surface area contributed by atoms with E-state index in [9.17, 15) is 0 Å². The molecule has 1 nitrogen and oxygen atoms in total. The summed E-state index contributed by atoms with van der Waals surface area (Å²) < 4.78 is 6.00. The van der Waals surface area contributed by atoms with Gasteiger partial charge in [-0.3, -0.25) is 0 Å². The molecule has 0 heterocycles. The Balaban J connectivity index is 4.00. The predicted molar refractivity (Wildman–Crippen MR) is 119 cm³/mol. The predicted octanol–water partition coefficient (Wildman–Crippen LogP) is 7.30. The van der Waals surface area contributed by atoms with Crippen molar-refractivity contribution in [2.75, 3.05) is 0 Å². The van der Waals surface area contributed by atoms with Gasteiger partial charge in [-0.05, 0) is 25.3 Å². The van der Waals surface area contributed by atoms with Crippen LogP contribution >= 0.6 is 0 Å². The molecule has 0 amide bonds. The maximum absolute atomic E-state index is 6.00. The topological polar surface area (TPSA) is 12.4 Å². The molecule has 0 saturated heterocycles. The van der Waals surface area contributed by atoms with Gasteiger partial charge in [0.2, 0.25) is 8.24 Å². The Hall–Kier alpha value is -0.546. The molecule has 0 atom stereocenters. The summed E-state index contributed by atoms with van der Waals surface area (Å²) in [6.45, 7) is 28.9. The minimum Gasteiger partial charge on any atom is -0.360 e. The van der Waals surface area contributed by atoms with Gasteiger partial charge in [0.15, 0.2) is 0 Å². The Bertz CT molecular complexity index is 573. The fourth-order valence-corrected chi connectivity index (χ4v) is 18.8. The van der Waals surface area contributed by atoms with Crippen LogP contribution in [0.1, 0.15) is 83.1 Å². The summed E-state index contributed by atoms with van der Waals surface area (Å²) in [7, 11) is -3.14. The molecule has 0 aliphatic rings. The number of rotatable bonds is 2. The fraction of sp³-hybridized carbons (Fsp3) is 0.727. The number of benzene rings is 1. The lowest BCUT2D eigenvalue weighted by Crippen LogP contribution is -2.61. The zero-order valence-electron chi connectivity index (χ0n) is 18.8. The van der Waals surface area contributed by atoms with Gasteiger partial charge in [-0.2, -0.15) is 0 Å². The third-order valence-corrected chi connectivity index (χ3v) is 15.7. The second kappa shape index (κ2) is 6.88. The molecule has 1 aromatic carbocycles. The van der Waals surface area contributed by atoms with E-state index in [1.807, 2.05) is 0 Å². The first-order valence-corrected chi connectivity index (χ1v) is 13.0. The molecule has 0 bridgehead atoms. The molecule has 0 unspecified atom stereocenters. The van der Waals surface area contributed by atoms with Crippen LogP contribution in [0, 0.1) is 0 Å². The standard InChI is InChI=1S/C22H41NSi2/c1-19(2,3)24(20(4,5)6)23-25(21(7,8)9,22(10,11)12)18-16-14-13-15-17-18/h13-17H,1-12H3. The van der Waals surface area contributed by atoms with E-state index in [4.69, 9.17) is 4.30 Å². The summed E-state index contributed by atoms with van der Waals surface area (Å²) in [5.41, 5.74) is 0. The van der Waals surface area contributed by atoms with E-state index in [-0.39, 0.29) is 20.2 Å². The van der Waals surface area contributed by atoms with E-state index in [1.54, 1.807) is 0 Å². The highest BCUT2D eigenvalue weighted by Gasteiger charge is 2.55. The minimum absolute atomic E-state index is 0.166. The molecular weight excluding hydrogens is 334 g/mol. The van der Waals surface area contributed by atoms with Crippen molar-refractivity contribution in [3.63, 3.8) is 0 Å². The third-order valence-electron chi connectivity index (χ3n) is 5.06. The monoisotopic (exact) mass is 375 g/mol. The average molecular weight is 376 g/mol. The SMILES string of the molecule is CC(C)(C)[Si](=N[Si](c1ccccc1)(C(C)(C)C)C(C)(C)C)C(C)(C)C. The molecule has 0 aliphatic heterocycles. The Morgan fingerprint density at radius 2 is 1.00 bits per heavy atom. The lowest BCUT2D eigenvalue weighted by Gasteiger charge is -2.51. The summed E-state index contributed by atoms with van der Waals surface area (Å²) in [6, 6.07) is 11.2. The van der Waals surface area contributed by atoms with Gasteiger partial charge in [0, 0.05) is 0 Å². The number of hydrogen-bond acceptors (Lipinski definition) is 1. The van der Waals surface area contributed by atoms with Gasteiger partial charge in [-0.1, -0.05) is 113 Å². The van der Waals surface area contributed by atoms with Crippen LogP contribution < -0.4 is 5.19 Å². The van der Waals surface area contributed by atoms with Gasteiger partial charge in [-0.25, -0.2) is 0 Å². The smallest absolute Gasteiger partial charge is 0.209 e. The van der Waals surface area contributed by atoms with Gasteiger partial charge in [-0.15, -0.1) is 0 Å². The molecule has 1 rings (SSSR count). The maximum atomic E-state index is 6.00. The third kappa shape index (κ3) is 4.60. The molecule has 142 valence electrons. The zero-order chi connectivity index (χ0) is 19.9. The van der Waals surface area contributed by atoms with E-state index in [0.717, 1.165) is 0 Å². The van der Waals surface area contributed by atoms with Crippen LogP contribution in [0.15, 0.2) is 34.6 Å². The molecule has 0 N–H and O–H groups in total. The van der Waals surface area contributed by atoms with Crippen LogP contribution in [0.25, 0.3) is 0 Å². The maximum Gasteiger partial charge on any atom is 0.209 e. The second-order valence-electron chi connectivity index (χ2n) is 11.5. The van der Waals surface area contributed by atoms with E-state index in [2.05, 4.69) is 113 Å². The summed E-state index contributed by atoms with van der Waals surface area (Å²) in [6.07, 6.45) is 0. The molecule has 0 spiro atoms. The Labute approximate surface area is 160 Å². The van der Waals surface area contributed by atoms with Crippen molar-refractivity contribution in [2.45, 2.75) is 103 Å².